The van der Waals surface area contributed by atoms with Crippen molar-refractivity contribution in [1.29, 1.82) is 0 Å². The number of benzene rings is 3. The first-order chi connectivity index (χ1) is 18.4. The molecule has 3 aromatic carbocycles. The highest BCUT2D eigenvalue weighted by atomic mass is 19.1. The third-order valence-electron chi connectivity index (χ3n) is 6.76. The first-order valence-electron chi connectivity index (χ1n) is 12.3. The zero-order valence-corrected chi connectivity index (χ0v) is 21.0. The molecule has 1 aliphatic heterocycles. The molecule has 0 unspecified atom stereocenters. The van der Waals surface area contributed by atoms with Crippen molar-refractivity contribution in [2.24, 2.45) is 0 Å². The quantitative estimate of drug-likeness (QED) is 0.187. The van der Waals surface area contributed by atoms with Crippen molar-refractivity contribution in [3.05, 3.63) is 101 Å². The van der Waals surface area contributed by atoms with Gasteiger partial charge in [0.05, 0.1) is 25.3 Å². The molecule has 194 valence electrons. The number of halogens is 1. The number of nitrogens with zero attached hydrogens (tertiary/aromatic N) is 1. The van der Waals surface area contributed by atoms with Crippen LogP contribution in [0.15, 0.2) is 78.5 Å². The Bertz CT molecular complexity index is 1520. The molecule has 0 radical (unpaired) electrons. The molecule has 1 saturated heterocycles. The summed E-state index contributed by atoms with van der Waals surface area (Å²) in [6.07, 6.45) is 2.31. The van der Waals surface area contributed by atoms with Gasteiger partial charge in [0.2, 0.25) is 0 Å². The van der Waals surface area contributed by atoms with Crippen molar-refractivity contribution in [1.82, 2.24) is 9.88 Å². The summed E-state index contributed by atoms with van der Waals surface area (Å²) in [6, 6.07) is 17.1. The highest BCUT2D eigenvalue weighted by molar-refractivity contribution is 6.46. The molecule has 0 aliphatic carbocycles. The molecule has 1 fully saturated rings. The van der Waals surface area contributed by atoms with E-state index in [1.54, 1.807) is 31.4 Å². The number of methoxy groups -OCH3 is 1. The van der Waals surface area contributed by atoms with E-state index >= 15 is 0 Å². The van der Waals surface area contributed by atoms with Crippen molar-refractivity contribution >= 4 is 28.4 Å². The number of hydrogen-bond donors (Lipinski definition) is 2. The molecule has 4 aromatic rings. The number of aromatic amines is 1. The number of carbonyl (C=O) groups excluding carboxylic acids is 2. The number of rotatable bonds is 8. The molecule has 8 heteroatoms. The molecular formula is C30H27FN2O5. The minimum atomic E-state index is -0.873. The van der Waals surface area contributed by atoms with E-state index in [2.05, 4.69) is 4.98 Å². The number of aliphatic hydroxyl groups is 1. The van der Waals surface area contributed by atoms with Gasteiger partial charge in [-0.3, -0.25) is 9.59 Å². The van der Waals surface area contributed by atoms with Crippen LogP contribution in [0.3, 0.4) is 0 Å². The highest BCUT2D eigenvalue weighted by Crippen LogP contribution is 2.40. The summed E-state index contributed by atoms with van der Waals surface area (Å²) < 4.78 is 24.6. The second kappa shape index (κ2) is 10.4. The van der Waals surface area contributed by atoms with E-state index in [4.69, 9.17) is 9.47 Å². The van der Waals surface area contributed by atoms with E-state index in [-0.39, 0.29) is 17.9 Å². The summed E-state index contributed by atoms with van der Waals surface area (Å²) in [5, 5.41) is 12.2. The minimum absolute atomic E-state index is 0.0358. The lowest BCUT2D eigenvalue weighted by Crippen LogP contribution is -2.31. The lowest BCUT2D eigenvalue weighted by atomic mass is 9.95. The van der Waals surface area contributed by atoms with Gasteiger partial charge in [-0.1, -0.05) is 12.1 Å². The van der Waals surface area contributed by atoms with Crippen LogP contribution >= 0.6 is 0 Å². The third-order valence-corrected chi connectivity index (χ3v) is 6.76. The lowest BCUT2D eigenvalue weighted by molar-refractivity contribution is -0.139. The fraction of sp³-hybridized carbons (Fsp3) is 0.200. The van der Waals surface area contributed by atoms with Gasteiger partial charge in [0.1, 0.15) is 23.1 Å². The number of H-pyrrole nitrogens is 1. The molecule has 2 heterocycles. The predicted molar refractivity (Wildman–Crippen MR) is 142 cm³/mol. The lowest BCUT2D eigenvalue weighted by Gasteiger charge is -2.25. The number of fused-ring (bicyclic) bond motifs is 1. The Morgan fingerprint density at radius 3 is 2.42 bits per heavy atom. The number of Topliss-reactive ketones (excluding diaryl/α,β-unsaturated/α-hetero) is 1. The van der Waals surface area contributed by atoms with E-state index in [0.29, 0.717) is 35.7 Å². The number of ketones is 1. The van der Waals surface area contributed by atoms with Crippen molar-refractivity contribution in [2.75, 3.05) is 20.3 Å². The van der Waals surface area contributed by atoms with Gasteiger partial charge < -0.3 is 24.5 Å². The second-order valence-electron chi connectivity index (χ2n) is 8.98. The molecule has 7 nitrogen and oxygen atoms in total. The predicted octanol–water partition coefficient (Wildman–Crippen LogP) is 5.38. The van der Waals surface area contributed by atoms with Gasteiger partial charge in [-0.2, -0.15) is 0 Å². The van der Waals surface area contributed by atoms with Crippen LogP contribution in [0.4, 0.5) is 4.39 Å². The van der Waals surface area contributed by atoms with Crippen LogP contribution < -0.4 is 9.47 Å². The average molecular weight is 515 g/mol. The number of aliphatic hydroxyl groups excluding tert-OH is 1. The van der Waals surface area contributed by atoms with Gasteiger partial charge in [0.25, 0.3) is 11.7 Å². The molecule has 0 saturated carbocycles. The standard InChI is InChI=1S/C30H27FN2O5/c1-3-38-22-10-6-19(7-11-22)28(34)26-27(18-4-8-21(31)9-5-18)33(30(36)29(26)35)15-14-20-17-32-25-13-12-23(37-2)16-24(20)25/h4-13,16-17,27,32,34H,3,14-15H2,1-2H3/t27-/m1/s1. The van der Waals surface area contributed by atoms with Crippen molar-refractivity contribution < 1.29 is 28.6 Å². The van der Waals surface area contributed by atoms with Gasteiger partial charge in [0, 0.05) is 29.2 Å². The molecule has 1 atom stereocenters. The monoisotopic (exact) mass is 514 g/mol. The number of aromatic nitrogens is 1. The molecule has 1 aromatic heterocycles. The van der Waals surface area contributed by atoms with Crippen LogP contribution in [0.1, 0.15) is 29.7 Å². The van der Waals surface area contributed by atoms with Crippen molar-refractivity contribution in [2.45, 2.75) is 19.4 Å². The summed E-state index contributed by atoms with van der Waals surface area (Å²) in [7, 11) is 1.60. The Kier molecular flexibility index (Phi) is 6.87. The Balaban J connectivity index is 1.53. The molecule has 2 N–H and O–H groups in total. The average Bonchev–Trinajstić information content (AvgIpc) is 3.45. The van der Waals surface area contributed by atoms with Crippen LogP contribution in [0.5, 0.6) is 11.5 Å². The van der Waals surface area contributed by atoms with Gasteiger partial charge in [0.15, 0.2) is 0 Å². The fourth-order valence-corrected chi connectivity index (χ4v) is 4.87. The summed E-state index contributed by atoms with van der Waals surface area (Å²) in [6.45, 7) is 2.56. The molecular weight excluding hydrogens is 487 g/mol. The van der Waals surface area contributed by atoms with E-state index in [1.807, 2.05) is 31.3 Å². The molecule has 0 bridgehead atoms. The summed E-state index contributed by atoms with van der Waals surface area (Å²) in [5.74, 6) is -0.907. The molecule has 38 heavy (non-hydrogen) atoms. The Hall–Kier alpha value is -4.59. The zero-order chi connectivity index (χ0) is 26.8. The highest BCUT2D eigenvalue weighted by Gasteiger charge is 2.45. The number of amides is 1. The zero-order valence-electron chi connectivity index (χ0n) is 21.0. The van der Waals surface area contributed by atoms with Gasteiger partial charge in [-0.15, -0.1) is 0 Å². The topological polar surface area (TPSA) is 91.9 Å². The number of nitrogens with one attached hydrogen (secondary N) is 1. The Labute approximate surface area is 219 Å². The fourth-order valence-electron chi connectivity index (χ4n) is 4.87. The van der Waals surface area contributed by atoms with Gasteiger partial charge >= 0.3 is 0 Å². The van der Waals surface area contributed by atoms with Gasteiger partial charge in [-0.25, -0.2) is 4.39 Å². The largest absolute Gasteiger partial charge is 0.507 e. The van der Waals surface area contributed by atoms with Crippen LogP contribution in [0.2, 0.25) is 0 Å². The van der Waals surface area contributed by atoms with Crippen molar-refractivity contribution in [3.8, 4) is 11.5 Å². The maximum Gasteiger partial charge on any atom is 0.295 e. The van der Waals surface area contributed by atoms with E-state index < -0.39 is 23.5 Å². The van der Waals surface area contributed by atoms with Crippen LogP contribution in [0.25, 0.3) is 16.7 Å². The molecule has 1 aliphatic rings. The number of likely N-dealkylation sites (tertiary alicyclic amines) is 1. The van der Waals surface area contributed by atoms with Crippen LogP contribution in [-0.4, -0.2) is 46.9 Å². The maximum atomic E-state index is 13.8. The minimum Gasteiger partial charge on any atom is -0.507 e. The Morgan fingerprint density at radius 2 is 1.74 bits per heavy atom. The van der Waals surface area contributed by atoms with Crippen LogP contribution in [0, 0.1) is 5.82 Å². The normalized spacial score (nSPS) is 16.8. The number of ether oxygens (including phenoxy) is 2. The summed E-state index contributed by atoms with van der Waals surface area (Å²) in [4.78, 5) is 31.2. The molecule has 1 amide bonds. The van der Waals surface area contributed by atoms with E-state index in [0.717, 1.165) is 16.5 Å². The first-order valence-corrected chi connectivity index (χ1v) is 12.3. The summed E-state index contributed by atoms with van der Waals surface area (Å²) >= 11 is 0. The maximum absolute atomic E-state index is 13.8. The smallest absolute Gasteiger partial charge is 0.295 e. The molecule has 0 spiro atoms. The number of carbonyl (C=O) groups is 2. The number of hydrogen-bond acceptors (Lipinski definition) is 5. The third kappa shape index (κ3) is 4.61. The first kappa shape index (κ1) is 25.1. The summed E-state index contributed by atoms with van der Waals surface area (Å²) in [5.41, 5.74) is 2.74. The molecule has 5 rings (SSSR count). The SMILES string of the molecule is CCOc1ccc(C(O)=C2C(=O)C(=O)N(CCc3c[nH]c4ccc(OC)cc34)[C@@H]2c2ccc(F)cc2)cc1. The van der Waals surface area contributed by atoms with E-state index in [1.165, 1.54) is 29.2 Å². The second-order valence-corrected chi connectivity index (χ2v) is 8.98. The Morgan fingerprint density at radius 1 is 1.03 bits per heavy atom. The van der Waals surface area contributed by atoms with Crippen molar-refractivity contribution in [3.63, 3.8) is 0 Å². The van der Waals surface area contributed by atoms with Gasteiger partial charge in [-0.05, 0) is 79.1 Å². The van der Waals surface area contributed by atoms with Crippen LogP contribution in [-0.2, 0) is 16.0 Å². The van der Waals surface area contributed by atoms with E-state index in [9.17, 15) is 19.1 Å².